The zero-order valence-electron chi connectivity index (χ0n) is 49.6. The summed E-state index contributed by atoms with van der Waals surface area (Å²) in [6, 6.07) is 25.3. The van der Waals surface area contributed by atoms with Gasteiger partial charge in [-0.2, -0.15) is 0 Å². The Kier molecular flexibility index (Phi) is 8.82. The molecule has 3 aliphatic carbocycles. The van der Waals surface area contributed by atoms with E-state index in [0.717, 1.165) is 54.1 Å². The Bertz CT molecular complexity index is 3590. The van der Waals surface area contributed by atoms with Gasteiger partial charge in [0, 0.05) is 27.4 Å². The van der Waals surface area contributed by atoms with Crippen LogP contribution < -0.4 is 26.2 Å². The van der Waals surface area contributed by atoms with Gasteiger partial charge in [-0.3, -0.25) is 0 Å². The monoisotopic (exact) mass is 944 g/mol. The summed E-state index contributed by atoms with van der Waals surface area (Å²) in [5, 5.41) is 2.52. The van der Waals surface area contributed by atoms with E-state index >= 15 is 0 Å². The summed E-state index contributed by atoms with van der Waals surface area (Å²) in [5.41, 5.74) is 22.0. The summed E-state index contributed by atoms with van der Waals surface area (Å²) in [4.78, 5) is 5.08. The van der Waals surface area contributed by atoms with Gasteiger partial charge in [0.25, 0.3) is 6.71 Å². The minimum Gasteiger partial charge on any atom is -0.311 e. The van der Waals surface area contributed by atoms with Crippen molar-refractivity contribution in [3.63, 3.8) is 0 Å². The third-order valence-electron chi connectivity index (χ3n) is 18.4. The minimum absolute atomic E-state index is 0.0235. The van der Waals surface area contributed by atoms with Crippen LogP contribution in [-0.2, 0) is 27.1 Å². The number of hydrogen-bond acceptors (Lipinski definition) is 3. The third kappa shape index (κ3) is 6.77. The van der Waals surface area contributed by atoms with Crippen molar-refractivity contribution in [2.75, 3.05) is 9.80 Å². The molecule has 0 radical (unpaired) electrons. The van der Waals surface area contributed by atoms with Crippen LogP contribution >= 0.6 is 11.3 Å². The topological polar surface area (TPSA) is 6.48 Å². The zero-order chi connectivity index (χ0) is 53.7. The molecule has 0 bridgehead atoms. The lowest BCUT2D eigenvalue weighted by Gasteiger charge is -2.48. The predicted molar refractivity (Wildman–Crippen MR) is 306 cm³/mol. The fourth-order valence-electron chi connectivity index (χ4n) is 13.8. The minimum atomic E-state index is -0.383. The molecule has 12 rings (SSSR count). The van der Waals surface area contributed by atoms with Gasteiger partial charge < -0.3 is 9.80 Å². The van der Waals surface area contributed by atoms with Crippen LogP contribution in [0.2, 0.25) is 0 Å². The second-order valence-corrected chi connectivity index (χ2v) is 27.2. The first-order chi connectivity index (χ1) is 35.0. The Morgan fingerprint density at radius 3 is 1.73 bits per heavy atom. The van der Waals surface area contributed by atoms with E-state index in [-0.39, 0.29) is 69.6 Å². The van der Waals surface area contributed by atoms with Crippen LogP contribution in [-0.4, -0.2) is 6.71 Å². The van der Waals surface area contributed by atoms with E-state index in [1.165, 1.54) is 94.4 Å². The van der Waals surface area contributed by atoms with E-state index in [1.807, 2.05) is 11.3 Å². The van der Waals surface area contributed by atoms with E-state index in [0.29, 0.717) is 17.4 Å². The molecule has 0 N–H and O–H groups in total. The summed E-state index contributed by atoms with van der Waals surface area (Å²) in [6.45, 7) is 35.4. The molecule has 70 heavy (non-hydrogen) atoms. The Labute approximate surface area is 432 Å². The highest BCUT2D eigenvalue weighted by Gasteiger charge is 2.49. The van der Waals surface area contributed by atoms with E-state index in [2.05, 4.69) is 180 Å². The smallest absolute Gasteiger partial charge is 0.254 e. The van der Waals surface area contributed by atoms with Gasteiger partial charge in [0.05, 0.1) is 17.5 Å². The predicted octanol–water partition coefficient (Wildman–Crippen LogP) is 17.3. The van der Waals surface area contributed by atoms with Crippen LogP contribution in [0, 0.1) is 13.8 Å². The van der Waals surface area contributed by atoms with Crippen LogP contribution in [0.1, 0.15) is 197 Å². The SMILES string of the molecule is [2H]c1c([2H])c([2H])c(-c2cc3c4c(c2)N(c2c(C)cc(C(C)(C)C)cc2C)c2cc5c(cc2B4c2c(sc4cc6c(cc24)C(C)CCC6C)N3c2ccc3c(c2)C(C)(C)CCC3(C)C)C(C)(C)CCC5(C)C)c([2H])c1[2H]. The number of hydrogen-bond donors (Lipinski definition) is 0. The first kappa shape index (κ1) is 40.5. The number of thiophene rings is 1. The highest BCUT2D eigenvalue weighted by molar-refractivity contribution is 7.26. The fraction of sp³-hybridized carbons (Fsp3) is 0.424. The molecule has 0 saturated carbocycles. The van der Waals surface area contributed by atoms with Crippen molar-refractivity contribution in [2.24, 2.45) is 0 Å². The Morgan fingerprint density at radius 1 is 0.586 bits per heavy atom. The molecule has 2 unspecified atom stereocenters. The van der Waals surface area contributed by atoms with Crippen molar-refractivity contribution in [1.29, 1.82) is 0 Å². The van der Waals surface area contributed by atoms with Gasteiger partial charge in [-0.05, 0) is 211 Å². The van der Waals surface area contributed by atoms with Crippen LogP contribution in [0.3, 0.4) is 0 Å². The third-order valence-corrected chi connectivity index (χ3v) is 19.6. The molecule has 4 heteroatoms. The standard InChI is InChI=1S/C66H75BN2S/c1-38-21-22-39(2)47-35-57-48(34-46(38)47)58-61(70-57)68(45-23-24-49-50(33-45)64(10,11)26-25-63(49,8)9)55-31-43(42-19-17-16-18-20-42)32-56-59(55)67(58)53-36-51-52(66(14,15)28-27-65(51,12)13)37-54(53)69(56)60-40(3)29-44(30-41(60)4)62(5,6)7/h16-20,23-24,29-39H,21-22,25-28H2,1-15H3/i16D,17D,18D,19D,20D. The summed E-state index contributed by atoms with van der Waals surface area (Å²) in [5.74, 6) is 0.929. The lowest BCUT2D eigenvalue weighted by atomic mass is 9.33. The Balaban J connectivity index is 1.29. The van der Waals surface area contributed by atoms with E-state index < -0.39 is 0 Å². The lowest BCUT2D eigenvalue weighted by Crippen LogP contribution is -2.61. The summed E-state index contributed by atoms with van der Waals surface area (Å²) in [6.07, 6.45) is 6.76. The van der Waals surface area contributed by atoms with Gasteiger partial charge in [0.15, 0.2) is 0 Å². The number of fused-ring (bicyclic) bond motifs is 9. The molecule has 0 amide bonds. The van der Waals surface area contributed by atoms with E-state index in [9.17, 15) is 2.74 Å². The molecule has 6 aromatic carbocycles. The molecule has 0 spiro atoms. The quantitative estimate of drug-likeness (QED) is 0.163. The number of nitrogens with zero attached hydrogens (tertiary/aromatic N) is 2. The fourth-order valence-corrected chi connectivity index (χ4v) is 15.1. The van der Waals surface area contributed by atoms with Gasteiger partial charge in [-0.25, -0.2) is 0 Å². The van der Waals surface area contributed by atoms with Crippen molar-refractivity contribution in [3.8, 4) is 11.1 Å². The summed E-state index contributed by atoms with van der Waals surface area (Å²) >= 11 is 1.91. The highest BCUT2D eigenvalue weighted by Crippen LogP contribution is 2.55. The van der Waals surface area contributed by atoms with E-state index in [4.69, 9.17) is 4.11 Å². The Morgan fingerprint density at radius 2 is 1.13 bits per heavy atom. The number of benzene rings is 6. The molecular formula is C66H75BN2S. The zero-order valence-corrected chi connectivity index (χ0v) is 45.4. The molecule has 2 atom stereocenters. The molecule has 3 heterocycles. The first-order valence-corrected chi connectivity index (χ1v) is 27.3. The van der Waals surface area contributed by atoms with Crippen LogP contribution in [0.25, 0.3) is 21.2 Å². The van der Waals surface area contributed by atoms with Gasteiger partial charge in [-0.15, -0.1) is 11.3 Å². The maximum atomic E-state index is 9.57. The van der Waals surface area contributed by atoms with Gasteiger partial charge in [0.1, 0.15) is 0 Å². The van der Waals surface area contributed by atoms with Crippen LogP contribution in [0.15, 0.2) is 96.9 Å². The molecule has 358 valence electrons. The number of anilines is 6. The maximum absolute atomic E-state index is 9.57. The van der Waals surface area contributed by atoms with Crippen molar-refractivity contribution < 1.29 is 6.85 Å². The van der Waals surface area contributed by atoms with Gasteiger partial charge in [0.2, 0.25) is 0 Å². The second kappa shape index (κ2) is 15.2. The van der Waals surface area contributed by atoms with Gasteiger partial charge >= 0.3 is 0 Å². The summed E-state index contributed by atoms with van der Waals surface area (Å²) in [7, 11) is 0. The molecular weight excluding hydrogens is 864 g/mol. The average molecular weight is 944 g/mol. The lowest BCUT2D eigenvalue weighted by molar-refractivity contribution is 0.332. The largest absolute Gasteiger partial charge is 0.311 e. The van der Waals surface area contributed by atoms with E-state index in [1.54, 1.807) is 0 Å². The van der Waals surface area contributed by atoms with Crippen LogP contribution in [0.5, 0.6) is 0 Å². The molecule has 2 nitrogen and oxygen atoms in total. The van der Waals surface area contributed by atoms with Crippen molar-refractivity contribution >= 4 is 78.0 Å². The normalized spacial score (nSPS) is 22.1. The Hall–Kier alpha value is -5.06. The molecule has 0 fully saturated rings. The number of aryl methyl sites for hydroxylation is 2. The number of rotatable bonds is 3. The average Bonchev–Trinajstić information content (AvgIpc) is 3.78. The molecule has 2 aliphatic heterocycles. The van der Waals surface area contributed by atoms with Crippen molar-refractivity contribution in [3.05, 3.63) is 147 Å². The molecule has 1 aromatic heterocycles. The van der Waals surface area contributed by atoms with Crippen molar-refractivity contribution in [1.82, 2.24) is 0 Å². The van der Waals surface area contributed by atoms with Crippen molar-refractivity contribution in [2.45, 2.75) is 181 Å². The summed E-state index contributed by atoms with van der Waals surface area (Å²) < 4.78 is 47.2. The first-order valence-electron chi connectivity index (χ1n) is 28.9. The van der Waals surface area contributed by atoms with Crippen LogP contribution in [0.4, 0.5) is 33.4 Å². The molecule has 7 aromatic rings. The highest BCUT2D eigenvalue weighted by atomic mass is 32.1. The maximum Gasteiger partial charge on any atom is 0.254 e. The van der Waals surface area contributed by atoms with Gasteiger partial charge in [-0.1, -0.05) is 151 Å². The molecule has 5 aliphatic rings. The second-order valence-electron chi connectivity index (χ2n) is 26.1. The molecule has 0 saturated heterocycles.